The summed E-state index contributed by atoms with van der Waals surface area (Å²) in [4.78, 5) is 3.49. The average molecular weight is 404 g/mol. The van der Waals surface area contributed by atoms with Crippen LogP contribution >= 0.6 is 12.2 Å². The van der Waals surface area contributed by atoms with Crippen molar-refractivity contribution in [2.75, 3.05) is 34.0 Å². The standard InChI is InChI=1S/C24H37NO2S/c1-17(2)20-10-12-21(13-11-20)24(28)22(16-27-6)25(14-15-26-5)23-18(3)8-7-9-19(23)4/h7-8,10-13,17-19,22-23H,9,14-16H2,1-6H3. The molecule has 2 rings (SSSR count). The zero-order valence-electron chi connectivity index (χ0n) is 18.4. The van der Waals surface area contributed by atoms with E-state index < -0.39 is 0 Å². The molecule has 0 aliphatic heterocycles. The van der Waals surface area contributed by atoms with E-state index in [1.165, 1.54) is 5.56 Å². The Balaban J connectivity index is 2.34. The van der Waals surface area contributed by atoms with Crippen molar-refractivity contribution < 1.29 is 9.47 Å². The van der Waals surface area contributed by atoms with Gasteiger partial charge >= 0.3 is 0 Å². The highest BCUT2D eigenvalue weighted by Gasteiger charge is 2.36. The van der Waals surface area contributed by atoms with Gasteiger partial charge in [-0.2, -0.15) is 0 Å². The number of methoxy groups -OCH3 is 2. The first-order chi connectivity index (χ1) is 13.4. The molecule has 0 aromatic heterocycles. The molecular formula is C24H37NO2S. The molecule has 3 nitrogen and oxygen atoms in total. The highest BCUT2D eigenvalue weighted by molar-refractivity contribution is 7.81. The molecular weight excluding hydrogens is 366 g/mol. The molecule has 0 spiro atoms. The molecule has 0 saturated heterocycles. The predicted molar refractivity (Wildman–Crippen MR) is 122 cm³/mol. The van der Waals surface area contributed by atoms with E-state index in [0.29, 0.717) is 37.0 Å². The van der Waals surface area contributed by atoms with Crippen molar-refractivity contribution in [3.8, 4) is 0 Å². The SMILES string of the molecule is COCCN(C(COC)C(=S)c1ccc(C(C)C)cc1)C1C(C)C=CCC1C. The van der Waals surface area contributed by atoms with Crippen molar-refractivity contribution in [2.24, 2.45) is 11.8 Å². The number of hydrogen-bond donors (Lipinski definition) is 0. The normalized spacial score (nSPS) is 23.4. The van der Waals surface area contributed by atoms with Crippen molar-refractivity contribution in [1.82, 2.24) is 4.90 Å². The molecule has 0 amide bonds. The molecule has 0 heterocycles. The molecule has 4 heteroatoms. The summed E-state index contributed by atoms with van der Waals surface area (Å²) in [5, 5.41) is 0. The Morgan fingerprint density at radius 1 is 1.14 bits per heavy atom. The number of nitrogens with zero attached hydrogens (tertiary/aromatic N) is 1. The summed E-state index contributed by atoms with van der Waals surface area (Å²) in [6, 6.07) is 9.22. The number of hydrogen-bond acceptors (Lipinski definition) is 4. The van der Waals surface area contributed by atoms with Gasteiger partial charge in [0.05, 0.1) is 19.3 Å². The number of ether oxygens (including phenoxy) is 2. The minimum absolute atomic E-state index is 0.0569. The van der Waals surface area contributed by atoms with Gasteiger partial charge < -0.3 is 9.47 Å². The molecule has 4 unspecified atom stereocenters. The third-order valence-corrected chi connectivity index (χ3v) is 6.40. The summed E-state index contributed by atoms with van der Waals surface area (Å²) < 4.78 is 11.1. The molecule has 0 radical (unpaired) electrons. The van der Waals surface area contributed by atoms with Crippen LogP contribution in [0.5, 0.6) is 0 Å². The van der Waals surface area contributed by atoms with Gasteiger partial charge in [-0.1, -0.05) is 76.3 Å². The Hall–Kier alpha value is -1.07. The Morgan fingerprint density at radius 3 is 2.36 bits per heavy atom. The Morgan fingerprint density at radius 2 is 1.82 bits per heavy atom. The van der Waals surface area contributed by atoms with Crippen LogP contribution in [-0.2, 0) is 9.47 Å². The Bertz CT molecular complexity index is 641. The molecule has 4 atom stereocenters. The lowest BCUT2D eigenvalue weighted by Gasteiger charge is -2.44. The van der Waals surface area contributed by atoms with Crippen LogP contribution in [0.15, 0.2) is 36.4 Å². The van der Waals surface area contributed by atoms with Gasteiger partial charge in [0.2, 0.25) is 0 Å². The van der Waals surface area contributed by atoms with Gasteiger partial charge in [0.25, 0.3) is 0 Å². The van der Waals surface area contributed by atoms with Crippen LogP contribution in [0.1, 0.15) is 51.2 Å². The van der Waals surface area contributed by atoms with Crippen LogP contribution in [0.3, 0.4) is 0 Å². The van der Waals surface area contributed by atoms with E-state index in [-0.39, 0.29) is 6.04 Å². The first-order valence-electron chi connectivity index (χ1n) is 10.4. The number of benzene rings is 1. The van der Waals surface area contributed by atoms with Gasteiger partial charge in [0.15, 0.2) is 0 Å². The van der Waals surface area contributed by atoms with Gasteiger partial charge in [0, 0.05) is 31.7 Å². The summed E-state index contributed by atoms with van der Waals surface area (Å²) in [6.45, 7) is 11.2. The second-order valence-corrected chi connectivity index (χ2v) is 8.77. The zero-order chi connectivity index (χ0) is 20.7. The lowest BCUT2D eigenvalue weighted by atomic mass is 9.81. The maximum atomic E-state index is 6.01. The van der Waals surface area contributed by atoms with Gasteiger partial charge in [-0.25, -0.2) is 0 Å². The monoisotopic (exact) mass is 403 g/mol. The van der Waals surface area contributed by atoms with E-state index in [2.05, 4.69) is 69.0 Å². The van der Waals surface area contributed by atoms with Crippen LogP contribution in [-0.4, -0.2) is 55.8 Å². The molecule has 1 aromatic carbocycles. The van der Waals surface area contributed by atoms with Gasteiger partial charge in [0.1, 0.15) is 0 Å². The molecule has 28 heavy (non-hydrogen) atoms. The average Bonchev–Trinajstić information content (AvgIpc) is 2.68. The summed E-state index contributed by atoms with van der Waals surface area (Å²) in [5.74, 6) is 1.57. The molecule has 1 aliphatic rings. The van der Waals surface area contributed by atoms with Crippen molar-refractivity contribution >= 4 is 17.1 Å². The first-order valence-corrected chi connectivity index (χ1v) is 10.9. The van der Waals surface area contributed by atoms with Crippen molar-refractivity contribution in [3.63, 3.8) is 0 Å². The molecule has 0 bridgehead atoms. The van der Waals surface area contributed by atoms with Crippen molar-refractivity contribution in [1.29, 1.82) is 0 Å². The second-order valence-electron chi connectivity index (χ2n) is 8.33. The van der Waals surface area contributed by atoms with Crippen molar-refractivity contribution in [3.05, 3.63) is 47.5 Å². The number of allylic oxidation sites excluding steroid dienone is 1. The summed E-state index contributed by atoms with van der Waals surface area (Å²) >= 11 is 6.01. The lowest BCUT2D eigenvalue weighted by Crippen LogP contribution is -2.55. The first kappa shape index (κ1) is 23.2. The summed E-state index contributed by atoms with van der Waals surface area (Å²) in [6.07, 6.45) is 5.76. The zero-order valence-corrected chi connectivity index (χ0v) is 19.2. The minimum atomic E-state index is 0.0569. The third-order valence-electron chi connectivity index (χ3n) is 5.90. The quantitative estimate of drug-likeness (QED) is 0.308. The van der Waals surface area contributed by atoms with Crippen LogP contribution in [0, 0.1) is 11.8 Å². The largest absolute Gasteiger partial charge is 0.383 e. The smallest absolute Gasteiger partial charge is 0.0695 e. The predicted octanol–water partition coefficient (Wildman–Crippen LogP) is 5.09. The Kier molecular flexibility index (Phi) is 9.29. The van der Waals surface area contributed by atoms with E-state index in [1.54, 1.807) is 14.2 Å². The topological polar surface area (TPSA) is 21.7 Å². The van der Waals surface area contributed by atoms with E-state index in [1.807, 2.05) is 0 Å². The molecule has 156 valence electrons. The van der Waals surface area contributed by atoms with Crippen LogP contribution in [0.2, 0.25) is 0 Å². The third kappa shape index (κ3) is 5.73. The van der Waals surface area contributed by atoms with E-state index in [0.717, 1.165) is 23.4 Å². The fourth-order valence-corrected chi connectivity index (χ4v) is 4.66. The molecule has 1 aromatic rings. The van der Waals surface area contributed by atoms with E-state index in [4.69, 9.17) is 21.7 Å². The van der Waals surface area contributed by atoms with Crippen LogP contribution < -0.4 is 0 Å². The van der Waals surface area contributed by atoms with E-state index in [9.17, 15) is 0 Å². The fourth-order valence-electron chi connectivity index (χ4n) is 4.32. The fraction of sp³-hybridized carbons (Fsp3) is 0.625. The van der Waals surface area contributed by atoms with Crippen LogP contribution in [0.4, 0.5) is 0 Å². The van der Waals surface area contributed by atoms with Crippen LogP contribution in [0.25, 0.3) is 0 Å². The highest BCUT2D eigenvalue weighted by atomic mass is 32.1. The van der Waals surface area contributed by atoms with Crippen molar-refractivity contribution in [2.45, 2.75) is 52.1 Å². The Labute approximate surface area is 177 Å². The highest BCUT2D eigenvalue weighted by Crippen LogP contribution is 2.31. The summed E-state index contributed by atoms with van der Waals surface area (Å²) in [7, 11) is 3.53. The number of rotatable bonds is 10. The summed E-state index contributed by atoms with van der Waals surface area (Å²) in [5.41, 5.74) is 2.46. The van der Waals surface area contributed by atoms with Gasteiger partial charge in [-0.15, -0.1) is 0 Å². The molecule has 1 aliphatic carbocycles. The molecule has 0 fully saturated rings. The number of thiocarbonyl (C=S) groups is 1. The maximum absolute atomic E-state index is 6.01. The molecule has 0 saturated carbocycles. The minimum Gasteiger partial charge on any atom is -0.383 e. The second kappa shape index (κ2) is 11.2. The van der Waals surface area contributed by atoms with E-state index >= 15 is 0 Å². The molecule has 0 N–H and O–H groups in total. The van der Waals surface area contributed by atoms with Gasteiger partial charge in [-0.05, 0) is 35.3 Å². The van der Waals surface area contributed by atoms with Gasteiger partial charge in [-0.3, -0.25) is 4.90 Å². The maximum Gasteiger partial charge on any atom is 0.0695 e. The lowest BCUT2D eigenvalue weighted by molar-refractivity contribution is 0.0331.